The Labute approximate surface area is 113 Å². The van der Waals surface area contributed by atoms with E-state index >= 15 is 0 Å². The lowest BCUT2D eigenvalue weighted by Crippen LogP contribution is -2.34. The largest absolute Gasteiger partial charge is 0.466 e. The summed E-state index contributed by atoms with van der Waals surface area (Å²) < 4.78 is 9.22. The van der Waals surface area contributed by atoms with Gasteiger partial charge >= 0.3 is 11.9 Å². The zero-order chi connectivity index (χ0) is 14.7. The molecule has 0 aliphatic rings. The fourth-order valence-electron chi connectivity index (χ4n) is 1.36. The Morgan fingerprint density at radius 3 is 2.21 bits per heavy atom. The molecule has 0 saturated heterocycles. The molecule has 0 unspecified atom stereocenters. The third-order valence-corrected chi connectivity index (χ3v) is 2.31. The summed E-state index contributed by atoms with van der Waals surface area (Å²) in [7, 11) is 1.22. The Kier molecular flexibility index (Phi) is 9.12. The van der Waals surface area contributed by atoms with E-state index in [0.717, 1.165) is 18.6 Å². The van der Waals surface area contributed by atoms with Gasteiger partial charge in [0, 0.05) is 25.1 Å². The molecule has 19 heavy (non-hydrogen) atoms. The molecule has 0 spiro atoms. The van der Waals surface area contributed by atoms with E-state index in [2.05, 4.69) is 4.74 Å². The topological polar surface area (TPSA) is 72.9 Å². The van der Waals surface area contributed by atoms with Crippen LogP contribution in [0.3, 0.4) is 0 Å². The molecule has 108 valence electrons. The molecule has 0 heterocycles. The first-order valence-electron chi connectivity index (χ1n) is 6.25. The van der Waals surface area contributed by atoms with Crippen LogP contribution in [-0.4, -0.2) is 49.6 Å². The van der Waals surface area contributed by atoms with Gasteiger partial charge in [-0.25, -0.2) is 9.59 Å². The van der Waals surface area contributed by atoms with E-state index in [9.17, 15) is 14.4 Å². The van der Waals surface area contributed by atoms with Gasteiger partial charge in [0.25, 0.3) is 0 Å². The quantitative estimate of drug-likeness (QED) is 0.484. The molecule has 1 amide bonds. The number of carbonyl (C=O) groups excluding carboxylic acids is 3. The van der Waals surface area contributed by atoms with Crippen molar-refractivity contribution in [3.05, 3.63) is 12.2 Å². The highest BCUT2D eigenvalue weighted by molar-refractivity contribution is 5.91. The van der Waals surface area contributed by atoms with Crippen LogP contribution in [0.1, 0.15) is 26.7 Å². The third kappa shape index (κ3) is 7.96. The Bertz CT molecular complexity index is 338. The molecule has 0 aromatic carbocycles. The van der Waals surface area contributed by atoms with E-state index in [0.29, 0.717) is 19.5 Å². The van der Waals surface area contributed by atoms with Gasteiger partial charge in [0.1, 0.15) is 6.61 Å². The molecule has 0 saturated carbocycles. The lowest BCUT2D eigenvalue weighted by Gasteiger charge is -2.21. The Morgan fingerprint density at radius 2 is 1.68 bits per heavy atom. The number of ether oxygens (including phenoxy) is 2. The van der Waals surface area contributed by atoms with Crippen LogP contribution in [-0.2, 0) is 23.9 Å². The van der Waals surface area contributed by atoms with Gasteiger partial charge in [-0.2, -0.15) is 0 Å². The Hall–Kier alpha value is -1.85. The molecule has 0 radical (unpaired) electrons. The average Bonchev–Trinajstić information content (AvgIpc) is 2.42. The maximum absolute atomic E-state index is 11.5. The standard InChI is InChI=1S/C13H21NO5/c1-4-8-14(11(15)5-2)9-10-19-13(17)7-6-12(16)18-3/h6-7H,4-5,8-10H2,1-3H3/b7-6+. The lowest BCUT2D eigenvalue weighted by molar-refractivity contribution is -0.141. The highest BCUT2D eigenvalue weighted by Gasteiger charge is 2.10. The summed E-state index contributed by atoms with van der Waals surface area (Å²) in [6, 6.07) is 0. The molecule has 0 N–H and O–H groups in total. The van der Waals surface area contributed by atoms with Crippen molar-refractivity contribution >= 4 is 17.8 Å². The smallest absolute Gasteiger partial charge is 0.331 e. The van der Waals surface area contributed by atoms with Crippen molar-refractivity contribution in [2.75, 3.05) is 26.8 Å². The van der Waals surface area contributed by atoms with Crippen LogP contribution in [0.15, 0.2) is 12.2 Å². The summed E-state index contributed by atoms with van der Waals surface area (Å²) in [5.74, 6) is -1.22. The number of hydrogen-bond donors (Lipinski definition) is 0. The number of rotatable bonds is 8. The van der Waals surface area contributed by atoms with Gasteiger partial charge in [0.15, 0.2) is 0 Å². The molecular weight excluding hydrogens is 250 g/mol. The molecule has 0 rings (SSSR count). The number of carbonyl (C=O) groups is 3. The first kappa shape index (κ1) is 17.2. The van der Waals surface area contributed by atoms with Gasteiger partial charge in [-0.3, -0.25) is 4.79 Å². The summed E-state index contributed by atoms with van der Waals surface area (Å²) >= 11 is 0. The fraction of sp³-hybridized carbons (Fsp3) is 0.615. The van der Waals surface area contributed by atoms with E-state index in [1.54, 1.807) is 11.8 Å². The Balaban J connectivity index is 4.05. The monoisotopic (exact) mass is 271 g/mol. The molecule has 0 bridgehead atoms. The molecule has 0 aliphatic heterocycles. The van der Waals surface area contributed by atoms with Gasteiger partial charge in [-0.1, -0.05) is 13.8 Å². The molecule has 0 aromatic rings. The molecule has 6 heteroatoms. The van der Waals surface area contributed by atoms with Gasteiger partial charge in [0.2, 0.25) is 5.91 Å². The van der Waals surface area contributed by atoms with Crippen molar-refractivity contribution in [3.8, 4) is 0 Å². The van der Waals surface area contributed by atoms with Crippen LogP contribution in [0.25, 0.3) is 0 Å². The SMILES string of the molecule is CCCN(CCOC(=O)/C=C/C(=O)OC)C(=O)CC. The van der Waals surface area contributed by atoms with Gasteiger partial charge in [-0.15, -0.1) is 0 Å². The zero-order valence-corrected chi connectivity index (χ0v) is 11.7. The minimum absolute atomic E-state index is 0.0306. The normalized spacial score (nSPS) is 10.3. The second-order valence-electron chi connectivity index (χ2n) is 3.76. The molecular formula is C13H21NO5. The van der Waals surface area contributed by atoms with Crippen molar-refractivity contribution in [1.82, 2.24) is 4.90 Å². The van der Waals surface area contributed by atoms with Crippen LogP contribution in [0.5, 0.6) is 0 Å². The maximum atomic E-state index is 11.5. The number of methoxy groups -OCH3 is 1. The number of esters is 2. The van der Waals surface area contributed by atoms with Crippen LogP contribution >= 0.6 is 0 Å². The molecule has 0 aliphatic carbocycles. The van der Waals surface area contributed by atoms with E-state index in [1.807, 2.05) is 6.92 Å². The second kappa shape index (κ2) is 10.1. The summed E-state index contributed by atoms with van der Waals surface area (Å²) in [6.45, 7) is 4.87. The number of nitrogens with zero attached hydrogens (tertiary/aromatic N) is 1. The number of hydrogen-bond acceptors (Lipinski definition) is 5. The highest BCUT2D eigenvalue weighted by Crippen LogP contribution is 1.97. The zero-order valence-electron chi connectivity index (χ0n) is 11.7. The van der Waals surface area contributed by atoms with Crippen molar-refractivity contribution in [3.63, 3.8) is 0 Å². The summed E-state index contributed by atoms with van der Waals surface area (Å²) in [6.07, 6.45) is 3.26. The van der Waals surface area contributed by atoms with Crippen molar-refractivity contribution in [2.24, 2.45) is 0 Å². The van der Waals surface area contributed by atoms with Crippen LogP contribution in [0, 0.1) is 0 Å². The van der Waals surface area contributed by atoms with Crippen molar-refractivity contribution < 1.29 is 23.9 Å². The van der Waals surface area contributed by atoms with Crippen molar-refractivity contribution in [2.45, 2.75) is 26.7 Å². The Morgan fingerprint density at radius 1 is 1.05 bits per heavy atom. The summed E-state index contributed by atoms with van der Waals surface area (Å²) in [5, 5.41) is 0. The minimum Gasteiger partial charge on any atom is -0.466 e. The lowest BCUT2D eigenvalue weighted by atomic mass is 10.3. The molecule has 6 nitrogen and oxygen atoms in total. The van der Waals surface area contributed by atoms with Crippen LogP contribution < -0.4 is 0 Å². The minimum atomic E-state index is -0.634. The first-order chi connectivity index (χ1) is 9.04. The molecule has 0 aromatic heterocycles. The van der Waals surface area contributed by atoms with Gasteiger partial charge in [-0.05, 0) is 6.42 Å². The van der Waals surface area contributed by atoms with E-state index in [1.165, 1.54) is 7.11 Å². The fourth-order valence-corrected chi connectivity index (χ4v) is 1.36. The van der Waals surface area contributed by atoms with E-state index < -0.39 is 11.9 Å². The van der Waals surface area contributed by atoms with Crippen LogP contribution in [0.4, 0.5) is 0 Å². The van der Waals surface area contributed by atoms with Gasteiger partial charge in [0.05, 0.1) is 13.7 Å². The number of amides is 1. The average molecular weight is 271 g/mol. The molecule has 0 fully saturated rings. The highest BCUT2D eigenvalue weighted by atomic mass is 16.5. The van der Waals surface area contributed by atoms with Crippen molar-refractivity contribution in [1.29, 1.82) is 0 Å². The second-order valence-corrected chi connectivity index (χ2v) is 3.76. The molecule has 0 atom stereocenters. The predicted octanol–water partition coefficient (Wildman–Crippen LogP) is 0.907. The first-order valence-corrected chi connectivity index (χ1v) is 6.25. The maximum Gasteiger partial charge on any atom is 0.331 e. The van der Waals surface area contributed by atoms with Gasteiger partial charge < -0.3 is 14.4 Å². The summed E-state index contributed by atoms with van der Waals surface area (Å²) in [4.78, 5) is 35.2. The van der Waals surface area contributed by atoms with E-state index in [-0.39, 0.29) is 12.5 Å². The van der Waals surface area contributed by atoms with Crippen LogP contribution in [0.2, 0.25) is 0 Å². The summed E-state index contributed by atoms with van der Waals surface area (Å²) in [5.41, 5.74) is 0. The van der Waals surface area contributed by atoms with E-state index in [4.69, 9.17) is 4.74 Å². The third-order valence-electron chi connectivity index (χ3n) is 2.31. The predicted molar refractivity (Wildman–Crippen MR) is 69.3 cm³/mol.